The number of aromatic nitrogens is 1. The molecule has 17 heavy (non-hydrogen) atoms. The number of hydrogen-bond acceptors (Lipinski definition) is 1. The number of rotatable bonds is 2. The highest BCUT2D eigenvalue weighted by Gasteiger charge is 2.27. The maximum atomic E-state index is 13.6. The van der Waals surface area contributed by atoms with Crippen LogP contribution in [0.5, 0.6) is 0 Å². The normalized spacial score (nSPS) is 18.9. The second-order valence-electron chi connectivity index (χ2n) is 4.48. The first-order valence-corrected chi connectivity index (χ1v) is 5.93. The third-order valence-corrected chi connectivity index (χ3v) is 3.43. The van der Waals surface area contributed by atoms with Crippen molar-refractivity contribution in [2.45, 2.75) is 25.8 Å². The summed E-state index contributed by atoms with van der Waals surface area (Å²) in [4.78, 5) is 3.08. The first kappa shape index (κ1) is 10.7. The molecule has 0 radical (unpaired) electrons. The van der Waals surface area contributed by atoms with Crippen molar-refractivity contribution in [1.29, 1.82) is 0 Å². The number of hydrogen-bond donors (Lipinski definition) is 2. The number of aromatic amines is 1. The minimum atomic E-state index is -0.515. The van der Waals surface area contributed by atoms with E-state index in [2.05, 4.69) is 10.3 Å². The highest BCUT2D eigenvalue weighted by molar-refractivity contribution is 5.86. The van der Waals surface area contributed by atoms with Crippen LogP contribution in [0.3, 0.4) is 0 Å². The lowest BCUT2D eigenvalue weighted by atomic mass is 10.1. The number of H-pyrrole nitrogens is 1. The van der Waals surface area contributed by atoms with E-state index in [0.29, 0.717) is 10.9 Å². The van der Waals surface area contributed by atoms with Gasteiger partial charge >= 0.3 is 0 Å². The monoisotopic (exact) mass is 236 g/mol. The van der Waals surface area contributed by atoms with Crippen LogP contribution in [0.25, 0.3) is 10.9 Å². The summed E-state index contributed by atoms with van der Waals surface area (Å²) < 4.78 is 26.9. The first-order valence-electron chi connectivity index (χ1n) is 5.93. The van der Waals surface area contributed by atoms with E-state index < -0.39 is 11.6 Å². The Bertz CT molecular complexity index is 574. The third-order valence-electron chi connectivity index (χ3n) is 3.43. The van der Waals surface area contributed by atoms with E-state index in [0.717, 1.165) is 36.7 Å². The van der Waals surface area contributed by atoms with E-state index in [9.17, 15) is 8.78 Å². The summed E-state index contributed by atoms with van der Waals surface area (Å²) in [5, 5.41) is 4.03. The topological polar surface area (TPSA) is 27.8 Å². The van der Waals surface area contributed by atoms with Gasteiger partial charge in [-0.15, -0.1) is 0 Å². The zero-order valence-corrected chi connectivity index (χ0v) is 9.61. The van der Waals surface area contributed by atoms with Gasteiger partial charge in [0.05, 0.1) is 5.52 Å². The fraction of sp³-hybridized carbons (Fsp3) is 0.385. The Morgan fingerprint density at radius 2 is 2.24 bits per heavy atom. The Labute approximate surface area is 98.0 Å². The number of fused-ring (bicyclic) bond motifs is 3. The van der Waals surface area contributed by atoms with Crippen LogP contribution in [-0.4, -0.2) is 11.5 Å². The van der Waals surface area contributed by atoms with Gasteiger partial charge in [-0.2, -0.15) is 0 Å². The molecule has 0 amide bonds. The van der Waals surface area contributed by atoms with E-state index in [4.69, 9.17) is 0 Å². The smallest absolute Gasteiger partial charge is 0.150 e. The maximum absolute atomic E-state index is 13.6. The molecule has 2 N–H and O–H groups in total. The average molecular weight is 236 g/mol. The maximum Gasteiger partial charge on any atom is 0.150 e. The largest absolute Gasteiger partial charge is 0.356 e. The van der Waals surface area contributed by atoms with E-state index in [1.54, 1.807) is 0 Å². The molecule has 1 aliphatic rings. The molecule has 90 valence electrons. The molecule has 0 fully saturated rings. The molecule has 2 aromatic rings. The molecule has 1 aromatic heterocycles. The van der Waals surface area contributed by atoms with Crippen LogP contribution in [0, 0.1) is 11.6 Å². The molecule has 0 spiro atoms. The fourth-order valence-corrected chi connectivity index (χ4v) is 2.77. The van der Waals surface area contributed by atoms with Crippen LogP contribution in [0.4, 0.5) is 8.78 Å². The average Bonchev–Trinajstić information content (AvgIpc) is 2.80. The predicted octanol–water partition coefficient (Wildman–Crippen LogP) is 3.04. The van der Waals surface area contributed by atoms with E-state index in [-0.39, 0.29) is 6.04 Å². The molecule has 4 heteroatoms. The van der Waals surface area contributed by atoms with Crippen molar-refractivity contribution >= 4 is 10.9 Å². The quantitative estimate of drug-likeness (QED) is 0.824. The summed E-state index contributed by atoms with van der Waals surface area (Å²) >= 11 is 0. The minimum Gasteiger partial charge on any atom is -0.356 e. The summed E-state index contributed by atoms with van der Waals surface area (Å²) in [7, 11) is 0. The van der Waals surface area contributed by atoms with Crippen molar-refractivity contribution < 1.29 is 8.78 Å². The van der Waals surface area contributed by atoms with Crippen LogP contribution in [0.15, 0.2) is 12.1 Å². The van der Waals surface area contributed by atoms with E-state index in [1.165, 1.54) is 6.07 Å². The van der Waals surface area contributed by atoms with E-state index in [1.807, 2.05) is 6.92 Å². The highest BCUT2D eigenvalue weighted by Crippen LogP contribution is 2.37. The molecule has 1 aliphatic carbocycles. The predicted molar refractivity (Wildman–Crippen MR) is 63.0 cm³/mol. The highest BCUT2D eigenvalue weighted by atomic mass is 19.1. The Morgan fingerprint density at radius 1 is 1.41 bits per heavy atom. The summed E-state index contributed by atoms with van der Waals surface area (Å²) in [5.74, 6) is -1.02. The summed E-state index contributed by atoms with van der Waals surface area (Å²) in [6.45, 7) is 2.89. The molecule has 1 heterocycles. The number of halogens is 2. The van der Waals surface area contributed by atoms with Gasteiger partial charge < -0.3 is 10.3 Å². The van der Waals surface area contributed by atoms with Crippen molar-refractivity contribution in [3.8, 4) is 0 Å². The molecule has 0 bridgehead atoms. The van der Waals surface area contributed by atoms with Crippen LogP contribution in [-0.2, 0) is 6.42 Å². The molecule has 0 aliphatic heterocycles. The summed E-state index contributed by atoms with van der Waals surface area (Å²) in [6.07, 6.45) is 1.88. The summed E-state index contributed by atoms with van der Waals surface area (Å²) in [5.41, 5.74) is 2.51. The lowest BCUT2D eigenvalue weighted by Crippen LogP contribution is -2.18. The van der Waals surface area contributed by atoms with E-state index >= 15 is 0 Å². The SMILES string of the molecule is CCNC1CCc2[nH]c3c(F)cc(F)cc3c21. The zero-order chi connectivity index (χ0) is 12.0. The van der Waals surface area contributed by atoms with Crippen molar-refractivity contribution in [2.75, 3.05) is 6.54 Å². The molecule has 1 aromatic carbocycles. The van der Waals surface area contributed by atoms with Crippen molar-refractivity contribution in [1.82, 2.24) is 10.3 Å². The molecule has 2 nitrogen and oxygen atoms in total. The molecule has 0 saturated carbocycles. The van der Waals surface area contributed by atoms with Crippen LogP contribution in [0.1, 0.15) is 30.6 Å². The second-order valence-corrected chi connectivity index (χ2v) is 4.48. The fourth-order valence-electron chi connectivity index (χ4n) is 2.77. The van der Waals surface area contributed by atoms with Gasteiger partial charge in [-0.3, -0.25) is 0 Å². The van der Waals surface area contributed by atoms with Gasteiger partial charge in [-0.05, 0) is 31.0 Å². The van der Waals surface area contributed by atoms with Gasteiger partial charge in [0.2, 0.25) is 0 Å². The zero-order valence-electron chi connectivity index (χ0n) is 9.61. The molecule has 3 rings (SSSR count). The van der Waals surface area contributed by atoms with Gasteiger partial charge in [-0.1, -0.05) is 6.92 Å². The minimum absolute atomic E-state index is 0.213. The lowest BCUT2D eigenvalue weighted by molar-refractivity contribution is 0.550. The van der Waals surface area contributed by atoms with Crippen molar-refractivity contribution in [2.24, 2.45) is 0 Å². The first-order chi connectivity index (χ1) is 8.20. The Balaban J connectivity index is 2.22. The van der Waals surface area contributed by atoms with Crippen molar-refractivity contribution in [3.05, 3.63) is 35.0 Å². The number of nitrogens with one attached hydrogen (secondary N) is 2. The van der Waals surface area contributed by atoms with Gasteiger partial charge in [0.25, 0.3) is 0 Å². The molecular formula is C13H14F2N2. The molecule has 1 unspecified atom stereocenters. The standard InChI is InChI=1S/C13H14F2N2/c1-2-16-10-3-4-11-12(10)8-5-7(14)6-9(15)13(8)17-11/h5-6,10,16-17H,2-4H2,1H3. The van der Waals surface area contributed by atoms with Gasteiger partial charge in [0, 0.05) is 23.2 Å². The molecule has 1 atom stereocenters. The van der Waals surface area contributed by atoms with Gasteiger partial charge in [-0.25, -0.2) is 8.78 Å². The Morgan fingerprint density at radius 3 is 3.00 bits per heavy atom. The van der Waals surface area contributed by atoms with Crippen molar-refractivity contribution in [3.63, 3.8) is 0 Å². The molecular weight excluding hydrogens is 222 g/mol. The van der Waals surface area contributed by atoms with Crippen LogP contribution in [0.2, 0.25) is 0 Å². The van der Waals surface area contributed by atoms with Gasteiger partial charge in [0.15, 0.2) is 0 Å². The van der Waals surface area contributed by atoms with Crippen LogP contribution < -0.4 is 5.32 Å². The Kier molecular flexibility index (Phi) is 2.40. The third kappa shape index (κ3) is 1.55. The Hall–Kier alpha value is -1.42. The number of benzene rings is 1. The second kappa shape index (κ2) is 3.81. The summed E-state index contributed by atoms with van der Waals surface area (Å²) in [6, 6.07) is 2.56. The molecule has 0 saturated heterocycles. The van der Waals surface area contributed by atoms with Gasteiger partial charge in [0.1, 0.15) is 11.6 Å². The van der Waals surface area contributed by atoms with Crippen LogP contribution >= 0.6 is 0 Å². The number of aryl methyl sites for hydroxylation is 1. The lowest BCUT2D eigenvalue weighted by Gasteiger charge is -2.11.